The highest BCUT2D eigenvalue weighted by Crippen LogP contribution is 2.26. The van der Waals surface area contributed by atoms with Crippen LogP contribution in [0, 0.1) is 5.92 Å². The van der Waals surface area contributed by atoms with Gasteiger partial charge < -0.3 is 15.0 Å². The minimum atomic E-state index is -0.714. The second-order valence-electron chi connectivity index (χ2n) is 8.31. The Balaban J connectivity index is 1.84. The van der Waals surface area contributed by atoms with Gasteiger partial charge in [0.2, 0.25) is 5.91 Å². The smallest absolute Gasteiger partial charge is 0.339 e. The molecule has 176 valence electrons. The van der Waals surface area contributed by atoms with Crippen LogP contribution in [0.3, 0.4) is 0 Å². The molecule has 0 unspecified atom stereocenters. The fourth-order valence-electron chi connectivity index (χ4n) is 3.39. The average Bonchev–Trinajstić information content (AvgIpc) is 2.79. The van der Waals surface area contributed by atoms with Gasteiger partial charge in [-0.25, -0.2) is 9.59 Å². The summed E-state index contributed by atoms with van der Waals surface area (Å²) in [6.45, 7) is 3.72. The molecule has 0 atom stereocenters. The molecule has 0 radical (unpaired) electrons. The van der Waals surface area contributed by atoms with E-state index >= 15 is 0 Å². The SMILES string of the molecule is CC(C)CNC(=O)NC(=O)COC(=O)c1ccccc1SCC(=O)N(C)C1CCCCC1. The number of ether oxygens (including phenoxy) is 1. The highest BCUT2D eigenvalue weighted by molar-refractivity contribution is 8.00. The molecular weight excluding hydrogens is 430 g/mol. The van der Waals surface area contributed by atoms with Crippen molar-refractivity contribution in [1.82, 2.24) is 15.5 Å². The van der Waals surface area contributed by atoms with Gasteiger partial charge in [-0.05, 0) is 30.9 Å². The first-order chi connectivity index (χ1) is 15.3. The molecule has 0 heterocycles. The molecule has 1 aliphatic rings. The van der Waals surface area contributed by atoms with Gasteiger partial charge in [0.15, 0.2) is 6.61 Å². The van der Waals surface area contributed by atoms with Gasteiger partial charge in [0.05, 0.1) is 11.3 Å². The van der Waals surface area contributed by atoms with Crippen LogP contribution < -0.4 is 10.6 Å². The molecular formula is C23H33N3O5S. The standard InChI is InChI=1S/C23H33N3O5S/c1-16(2)13-24-23(30)25-20(27)14-31-22(29)18-11-7-8-12-19(18)32-15-21(28)26(3)17-9-5-4-6-10-17/h7-8,11-12,16-17H,4-6,9-10,13-15H2,1-3H3,(H2,24,25,27,30). The molecule has 0 saturated heterocycles. The van der Waals surface area contributed by atoms with Crippen molar-refractivity contribution >= 4 is 35.6 Å². The van der Waals surface area contributed by atoms with Crippen LogP contribution in [-0.2, 0) is 14.3 Å². The number of hydrogen-bond donors (Lipinski definition) is 2. The highest BCUT2D eigenvalue weighted by Gasteiger charge is 2.23. The van der Waals surface area contributed by atoms with Crippen molar-refractivity contribution in [3.05, 3.63) is 29.8 Å². The van der Waals surface area contributed by atoms with E-state index in [0.29, 0.717) is 11.4 Å². The molecule has 0 aliphatic heterocycles. The lowest BCUT2D eigenvalue weighted by Gasteiger charge is -2.31. The number of hydrogen-bond acceptors (Lipinski definition) is 6. The molecule has 9 heteroatoms. The molecule has 0 aromatic heterocycles. The second-order valence-corrected chi connectivity index (χ2v) is 9.33. The van der Waals surface area contributed by atoms with E-state index in [1.165, 1.54) is 18.2 Å². The third kappa shape index (κ3) is 8.53. The van der Waals surface area contributed by atoms with Crippen molar-refractivity contribution in [3.63, 3.8) is 0 Å². The summed E-state index contributed by atoms with van der Waals surface area (Å²) < 4.78 is 5.07. The van der Waals surface area contributed by atoms with Gasteiger partial charge >= 0.3 is 12.0 Å². The Hall–Kier alpha value is -2.55. The highest BCUT2D eigenvalue weighted by atomic mass is 32.2. The Labute approximate surface area is 193 Å². The number of carbonyl (C=O) groups is 4. The van der Waals surface area contributed by atoms with E-state index in [2.05, 4.69) is 10.6 Å². The number of rotatable bonds is 9. The topological polar surface area (TPSA) is 105 Å². The van der Waals surface area contributed by atoms with Crippen molar-refractivity contribution in [2.24, 2.45) is 5.92 Å². The van der Waals surface area contributed by atoms with Crippen LogP contribution in [0.2, 0.25) is 0 Å². The fraction of sp³-hybridized carbons (Fsp3) is 0.565. The van der Waals surface area contributed by atoms with E-state index in [1.54, 1.807) is 24.3 Å². The average molecular weight is 464 g/mol. The molecule has 1 fully saturated rings. The molecule has 1 aliphatic carbocycles. The van der Waals surface area contributed by atoms with Crippen LogP contribution in [0.15, 0.2) is 29.2 Å². The Morgan fingerprint density at radius 3 is 2.50 bits per heavy atom. The van der Waals surface area contributed by atoms with Crippen LogP contribution in [0.4, 0.5) is 4.79 Å². The van der Waals surface area contributed by atoms with Crippen LogP contribution in [0.5, 0.6) is 0 Å². The summed E-state index contributed by atoms with van der Waals surface area (Å²) in [6, 6.07) is 6.46. The number of nitrogens with one attached hydrogen (secondary N) is 2. The zero-order valence-electron chi connectivity index (χ0n) is 19.0. The number of amides is 4. The van der Waals surface area contributed by atoms with Gasteiger partial charge in [0.1, 0.15) is 0 Å². The first kappa shape index (κ1) is 25.7. The molecule has 32 heavy (non-hydrogen) atoms. The molecule has 1 aromatic rings. The molecule has 4 amide bonds. The first-order valence-electron chi connectivity index (χ1n) is 11.0. The Bertz CT molecular complexity index is 809. The third-order valence-corrected chi connectivity index (χ3v) is 6.29. The van der Waals surface area contributed by atoms with Crippen molar-refractivity contribution in [3.8, 4) is 0 Å². The normalized spacial score (nSPS) is 14.0. The zero-order valence-corrected chi connectivity index (χ0v) is 19.8. The van der Waals surface area contributed by atoms with Crippen LogP contribution >= 0.6 is 11.8 Å². The lowest BCUT2D eigenvalue weighted by Crippen LogP contribution is -2.42. The first-order valence-corrected chi connectivity index (χ1v) is 12.0. The molecule has 0 bridgehead atoms. The van der Waals surface area contributed by atoms with Gasteiger partial charge in [-0.15, -0.1) is 11.8 Å². The molecule has 1 saturated carbocycles. The second kappa shape index (κ2) is 13.1. The summed E-state index contributed by atoms with van der Waals surface area (Å²) in [5, 5.41) is 4.67. The largest absolute Gasteiger partial charge is 0.452 e. The summed E-state index contributed by atoms with van der Waals surface area (Å²) >= 11 is 1.27. The van der Waals surface area contributed by atoms with Crippen molar-refractivity contribution in [2.45, 2.75) is 56.9 Å². The van der Waals surface area contributed by atoms with Crippen molar-refractivity contribution in [2.75, 3.05) is 26.0 Å². The van der Waals surface area contributed by atoms with Gasteiger partial charge in [0.25, 0.3) is 5.91 Å². The minimum Gasteiger partial charge on any atom is -0.452 e. The van der Waals surface area contributed by atoms with Gasteiger partial charge in [-0.2, -0.15) is 0 Å². The quantitative estimate of drug-likeness (QED) is 0.430. The number of thioether (sulfide) groups is 1. The molecule has 0 spiro atoms. The number of benzene rings is 1. The monoisotopic (exact) mass is 463 g/mol. The summed E-state index contributed by atoms with van der Waals surface area (Å²) in [7, 11) is 1.84. The van der Waals surface area contributed by atoms with Gasteiger partial charge in [-0.1, -0.05) is 45.2 Å². The zero-order chi connectivity index (χ0) is 23.5. The maximum absolute atomic E-state index is 12.6. The number of carbonyl (C=O) groups excluding carboxylic acids is 4. The number of imide groups is 1. The van der Waals surface area contributed by atoms with Crippen LogP contribution in [0.25, 0.3) is 0 Å². The van der Waals surface area contributed by atoms with Crippen LogP contribution in [0.1, 0.15) is 56.3 Å². The number of urea groups is 1. The Kier molecular flexibility index (Phi) is 10.5. The predicted molar refractivity (Wildman–Crippen MR) is 123 cm³/mol. The van der Waals surface area contributed by atoms with E-state index in [4.69, 9.17) is 4.74 Å². The summed E-state index contributed by atoms with van der Waals surface area (Å²) in [5.41, 5.74) is 0.280. The summed E-state index contributed by atoms with van der Waals surface area (Å²) in [4.78, 5) is 51.0. The third-order valence-electron chi connectivity index (χ3n) is 5.23. The van der Waals surface area contributed by atoms with E-state index < -0.39 is 24.5 Å². The van der Waals surface area contributed by atoms with Gasteiger partial charge in [0, 0.05) is 24.5 Å². The molecule has 8 nitrogen and oxygen atoms in total. The maximum Gasteiger partial charge on any atom is 0.339 e. The fourth-order valence-corrected chi connectivity index (χ4v) is 4.35. The van der Waals surface area contributed by atoms with E-state index in [0.717, 1.165) is 25.7 Å². The summed E-state index contributed by atoms with van der Waals surface area (Å²) in [5.74, 6) is -0.907. The van der Waals surface area contributed by atoms with Crippen molar-refractivity contribution in [1.29, 1.82) is 0 Å². The predicted octanol–water partition coefficient (Wildman–Crippen LogP) is 3.21. The lowest BCUT2D eigenvalue weighted by atomic mass is 9.94. The van der Waals surface area contributed by atoms with E-state index in [1.807, 2.05) is 25.8 Å². The summed E-state index contributed by atoms with van der Waals surface area (Å²) in [6.07, 6.45) is 5.60. The number of nitrogens with zero attached hydrogens (tertiary/aromatic N) is 1. The minimum absolute atomic E-state index is 0.0249. The maximum atomic E-state index is 12.6. The van der Waals surface area contributed by atoms with E-state index in [-0.39, 0.29) is 29.2 Å². The molecule has 1 aromatic carbocycles. The van der Waals surface area contributed by atoms with E-state index in [9.17, 15) is 19.2 Å². The Morgan fingerprint density at radius 1 is 1.12 bits per heavy atom. The molecule has 2 N–H and O–H groups in total. The van der Waals surface area contributed by atoms with Crippen LogP contribution in [-0.4, -0.2) is 60.7 Å². The number of esters is 1. The van der Waals surface area contributed by atoms with Crippen molar-refractivity contribution < 1.29 is 23.9 Å². The molecule has 2 rings (SSSR count). The Morgan fingerprint density at radius 2 is 1.81 bits per heavy atom. The van der Waals surface area contributed by atoms with Gasteiger partial charge in [-0.3, -0.25) is 14.9 Å². The lowest BCUT2D eigenvalue weighted by molar-refractivity contribution is -0.129.